The van der Waals surface area contributed by atoms with E-state index in [1.165, 1.54) is 0 Å². The largest absolute Gasteiger partial charge is 0.381 e. The minimum Gasteiger partial charge on any atom is -0.381 e. The van der Waals surface area contributed by atoms with Gasteiger partial charge in [-0.1, -0.05) is 46.3 Å². The summed E-state index contributed by atoms with van der Waals surface area (Å²) in [6.07, 6.45) is 0.376. The van der Waals surface area contributed by atoms with Gasteiger partial charge >= 0.3 is 0 Å². The standard InChI is InChI=1S/C8H8BrO/c9-6-8(10)7-4-2-1-3-5-7/h1-5,10H,6H2. The lowest BCUT2D eigenvalue weighted by Crippen LogP contribution is -1.97. The average molecular weight is 200 g/mol. The summed E-state index contributed by atoms with van der Waals surface area (Å²) in [5, 5.41) is 9.71. The Kier molecular flexibility index (Phi) is 2.90. The molecule has 53 valence electrons. The van der Waals surface area contributed by atoms with Gasteiger partial charge in [-0.25, -0.2) is 0 Å². The molecule has 0 aliphatic carbocycles. The highest BCUT2D eigenvalue weighted by molar-refractivity contribution is 9.09. The highest BCUT2D eigenvalue weighted by atomic mass is 79.9. The highest BCUT2D eigenvalue weighted by Crippen LogP contribution is 2.12. The van der Waals surface area contributed by atoms with E-state index in [0.29, 0.717) is 11.4 Å². The van der Waals surface area contributed by atoms with E-state index in [2.05, 4.69) is 15.9 Å². The predicted molar refractivity (Wildman–Crippen MR) is 44.5 cm³/mol. The number of aliphatic hydroxyl groups excluding tert-OH is 1. The average Bonchev–Trinajstić information content (AvgIpc) is 2.05. The third kappa shape index (κ3) is 1.82. The van der Waals surface area contributed by atoms with Crippen molar-refractivity contribution in [2.24, 2.45) is 0 Å². The normalized spacial score (nSPS) is 10.3. The van der Waals surface area contributed by atoms with Crippen LogP contribution in [-0.2, 0) is 0 Å². The number of alkyl halides is 1. The van der Waals surface area contributed by atoms with Gasteiger partial charge in [-0.15, -0.1) is 0 Å². The zero-order valence-electron chi connectivity index (χ0n) is 5.42. The van der Waals surface area contributed by atoms with Gasteiger partial charge in [0, 0.05) is 5.33 Å². The summed E-state index contributed by atoms with van der Waals surface area (Å²) in [7, 11) is 0. The molecule has 0 amide bonds. The number of benzene rings is 1. The molecule has 0 aliphatic rings. The van der Waals surface area contributed by atoms with Gasteiger partial charge in [-0.2, -0.15) is 0 Å². The van der Waals surface area contributed by atoms with Crippen LogP contribution in [0.1, 0.15) is 5.56 Å². The third-order valence-corrected chi connectivity index (χ3v) is 1.76. The second-order valence-electron chi connectivity index (χ2n) is 1.95. The fourth-order valence-corrected chi connectivity index (χ4v) is 1.03. The zero-order valence-corrected chi connectivity index (χ0v) is 7.01. The van der Waals surface area contributed by atoms with Crippen molar-refractivity contribution >= 4 is 15.9 Å². The van der Waals surface area contributed by atoms with E-state index in [1.807, 2.05) is 30.3 Å². The van der Waals surface area contributed by atoms with Crippen LogP contribution in [0.25, 0.3) is 0 Å². The first-order valence-corrected chi connectivity index (χ1v) is 4.13. The molecule has 0 saturated carbocycles. The van der Waals surface area contributed by atoms with Gasteiger partial charge in [0.1, 0.15) is 6.10 Å². The topological polar surface area (TPSA) is 20.2 Å². The van der Waals surface area contributed by atoms with E-state index in [-0.39, 0.29) is 0 Å². The highest BCUT2D eigenvalue weighted by Gasteiger charge is 2.03. The second-order valence-corrected chi connectivity index (χ2v) is 2.51. The molecule has 0 fully saturated rings. The van der Waals surface area contributed by atoms with Crippen molar-refractivity contribution in [3.05, 3.63) is 42.0 Å². The molecule has 0 aromatic heterocycles. The van der Waals surface area contributed by atoms with Gasteiger partial charge in [0.05, 0.1) is 0 Å². The molecule has 0 atom stereocenters. The van der Waals surface area contributed by atoms with E-state index in [9.17, 15) is 5.11 Å². The van der Waals surface area contributed by atoms with Gasteiger partial charge in [0.25, 0.3) is 0 Å². The first kappa shape index (κ1) is 7.76. The molecular formula is C8H8BrO. The Bertz CT molecular complexity index is 186. The molecule has 1 aromatic carbocycles. The summed E-state index contributed by atoms with van der Waals surface area (Å²) in [5.41, 5.74) is 0.874. The van der Waals surface area contributed by atoms with Crippen LogP contribution in [0.2, 0.25) is 0 Å². The van der Waals surface area contributed by atoms with E-state index in [0.717, 1.165) is 5.56 Å². The summed E-state index contributed by atoms with van der Waals surface area (Å²) >= 11 is 3.16. The van der Waals surface area contributed by atoms with Crippen LogP contribution < -0.4 is 0 Å². The smallest absolute Gasteiger partial charge is 0.133 e. The Morgan fingerprint density at radius 2 is 1.90 bits per heavy atom. The number of aliphatic hydroxyl groups is 1. The van der Waals surface area contributed by atoms with E-state index in [1.54, 1.807) is 0 Å². The van der Waals surface area contributed by atoms with Crippen LogP contribution in [0, 0.1) is 6.10 Å². The molecule has 1 nitrogen and oxygen atoms in total. The van der Waals surface area contributed by atoms with E-state index >= 15 is 0 Å². The fourth-order valence-electron chi connectivity index (χ4n) is 0.708. The summed E-state index contributed by atoms with van der Waals surface area (Å²) in [6.45, 7) is 0. The molecule has 0 saturated heterocycles. The summed E-state index contributed by atoms with van der Waals surface area (Å²) in [6, 6.07) is 9.46. The number of rotatable bonds is 2. The Balaban J connectivity index is 2.75. The Morgan fingerprint density at radius 1 is 1.30 bits per heavy atom. The Morgan fingerprint density at radius 3 is 2.40 bits per heavy atom. The van der Waals surface area contributed by atoms with Crippen molar-refractivity contribution < 1.29 is 5.11 Å². The van der Waals surface area contributed by atoms with Gasteiger partial charge in [-0.05, 0) is 5.56 Å². The SMILES string of the molecule is O[C](CBr)c1ccccc1. The van der Waals surface area contributed by atoms with Crippen molar-refractivity contribution in [3.8, 4) is 0 Å². The van der Waals surface area contributed by atoms with E-state index in [4.69, 9.17) is 0 Å². The quantitative estimate of drug-likeness (QED) is 0.726. The number of halogens is 1. The molecule has 1 radical (unpaired) electrons. The molecule has 0 bridgehead atoms. The van der Waals surface area contributed by atoms with E-state index < -0.39 is 0 Å². The molecule has 0 aliphatic heterocycles. The molecule has 2 heteroatoms. The van der Waals surface area contributed by atoms with Gasteiger partial charge in [0.15, 0.2) is 0 Å². The second kappa shape index (κ2) is 3.74. The Labute approximate surface area is 68.8 Å². The van der Waals surface area contributed by atoms with Crippen LogP contribution in [0.4, 0.5) is 0 Å². The first-order valence-electron chi connectivity index (χ1n) is 3.01. The van der Waals surface area contributed by atoms with Crippen LogP contribution in [-0.4, -0.2) is 10.4 Å². The summed E-state index contributed by atoms with van der Waals surface area (Å²) < 4.78 is 0. The molecule has 1 N–H and O–H groups in total. The fraction of sp³-hybridized carbons (Fsp3) is 0.125. The monoisotopic (exact) mass is 199 g/mol. The van der Waals surface area contributed by atoms with Crippen LogP contribution in [0.15, 0.2) is 30.3 Å². The van der Waals surface area contributed by atoms with Crippen molar-refractivity contribution in [1.82, 2.24) is 0 Å². The minimum absolute atomic E-state index is 0.376. The van der Waals surface area contributed by atoms with Gasteiger partial charge in [-0.3, -0.25) is 0 Å². The summed E-state index contributed by atoms with van der Waals surface area (Å²) in [4.78, 5) is 0. The maximum atomic E-state index is 9.20. The maximum Gasteiger partial charge on any atom is 0.133 e. The van der Waals surface area contributed by atoms with Crippen LogP contribution >= 0.6 is 15.9 Å². The lowest BCUT2D eigenvalue weighted by atomic mass is 10.1. The van der Waals surface area contributed by atoms with Crippen molar-refractivity contribution in [2.75, 3.05) is 5.33 Å². The Hall–Kier alpha value is -0.340. The molecule has 0 heterocycles. The summed E-state index contributed by atoms with van der Waals surface area (Å²) in [5.74, 6) is 0. The minimum atomic E-state index is 0.376. The molecule has 0 unspecified atom stereocenters. The molecule has 1 rings (SSSR count). The number of hydrogen-bond acceptors (Lipinski definition) is 1. The van der Waals surface area contributed by atoms with Crippen LogP contribution in [0.5, 0.6) is 0 Å². The van der Waals surface area contributed by atoms with Gasteiger partial charge < -0.3 is 5.11 Å². The van der Waals surface area contributed by atoms with Crippen molar-refractivity contribution in [3.63, 3.8) is 0 Å². The lowest BCUT2D eigenvalue weighted by Gasteiger charge is -2.03. The maximum absolute atomic E-state index is 9.20. The molecule has 10 heavy (non-hydrogen) atoms. The molecule has 1 aromatic rings. The third-order valence-electron chi connectivity index (χ3n) is 1.23. The lowest BCUT2D eigenvalue weighted by molar-refractivity contribution is 0.345. The van der Waals surface area contributed by atoms with Crippen LogP contribution in [0.3, 0.4) is 0 Å². The number of hydrogen-bond donors (Lipinski definition) is 1. The first-order chi connectivity index (χ1) is 4.84. The molecular weight excluding hydrogens is 192 g/mol. The molecule has 0 spiro atoms. The van der Waals surface area contributed by atoms with Gasteiger partial charge in [0.2, 0.25) is 0 Å². The zero-order chi connectivity index (χ0) is 7.40. The van der Waals surface area contributed by atoms with Crippen molar-refractivity contribution in [2.45, 2.75) is 0 Å². The van der Waals surface area contributed by atoms with Crippen molar-refractivity contribution in [1.29, 1.82) is 0 Å². The predicted octanol–water partition coefficient (Wildman–Crippen LogP) is 2.33.